The van der Waals surface area contributed by atoms with Crippen molar-refractivity contribution in [3.63, 3.8) is 0 Å². The first kappa shape index (κ1) is 5.61. The fourth-order valence-corrected chi connectivity index (χ4v) is 1.16. The van der Waals surface area contributed by atoms with Crippen LogP contribution in [0.25, 0.3) is 0 Å². The molecular weight excluding hydrogens is 142 g/mol. The summed E-state index contributed by atoms with van der Waals surface area (Å²) in [6.07, 6.45) is 0. The van der Waals surface area contributed by atoms with Crippen LogP contribution in [0.2, 0.25) is 5.02 Å². The first-order chi connectivity index (χ1) is 3.84. The van der Waals surface area contributed by atoms with E-state index in [4.69, 9.17) is 16.9 Å². The minimum absolute atomic E-state index is 0.441. The molecule has 3 heteroatoms. The normalized spacial score (nSPS) is 8.50. The number of hydrogen-bond donors (Lipinski definition) is 0. The molecule has 0 aliphatic carbocycles. The fraction of sp³-hybridized carbons (Fsp3) is 0. The average molecular weight is 143 g/mol. The van der Waals surface area contributed by atoms with Gasteiger partial charge in [-0.2, -0.15) is 5.26 Å². The summed E-state index contributed by atoms with van der Waals surface area (Å²) in [4.78, 5) is 0. The lowest BCUT2D eigenvalue weighted by Crippen LogP contribution is -1.61. The second-order valence-corrected chi connectivity index (χ2v) is 2.26. The summed E-state index contributed by atoms with van der Waals surface area (Å²) in [6.45, 7) is 0. The first-order valence-corrected chi connectivity index (χ1v) is 3.15. The molecule has 0 aliphatic heterocycles. The molecule has 0 N–H and O–H groups in total. The van der Waals surface area contributed by atoms with Crippen molar-refractivity contribution in [1.82, 2.24) is 0 Å². The molecule has 0 aromatic carbocycles. The van der Waals surface area contributed by atoms with Crippen LogP contribution in [0.3, 0.4) is 0 Å². The van der Waals surface area contributed by atoms with Crippen LogP contribution in [0.5, 0.6) is 0 Å². The van der Waals surface area contributed by atoms with Crippen molar-refractivity contribution in [2.45, 2.75) is 0 Å². The maximum Gasteiger partial charge on any atom is 0.102 e. The van der Waals surface area contributed by atoms with E-state index < -0.39 is 0 Å². The van der Waals surface area contributed by atoms with E-state index in [1.54, 1.807) is 5.38 Å². The second-order valence-electron chi connectivity index (χ2n) is 1.17. The van der Waals surface area contributed by atoms with Crippen LogP contribution in [0.4, 0.5) is 0 Å². The maximum atomic E-state index is 8.25. The first-order valence-electron chi connectivity index (χ1n) is 1.89. The molecule has 0 unspecified atom stereocenters. The molecule has 1 heterocycles. The van der Waals surface area contributed by atoms with Crippen LogP contribution >= 0.6 is 22.9 Å². The van der Waals surface area contributed by atoms with Gasteiger partial charge < -0.3 is 0 Å². The molecule has 0 atom stereocenters. The Morgan fingerprint density at radius 2 is 2.62 bits per heavy atom. The SMILES string of the molecule is N#Cc1[c]scc1Cl. The summed E-state index contributed by atoms with van der Waals surface area (Å²) < 4.78 is 0. The van der Waals surface area contributed by atoms with Crippen LogP contribution in [-0.4, -0.2) is 0 Å². The molecule has 8 heavy (non-hydrogen) atoms. The molecule has 39 valence electrons. The van der Waals surface area contributed by atoms with Crippen molar-refractivity contribution in [2.75, 3.05) is 0 Å². The van der Waals surface area contributed by atoms with Crippen molar-refractivity contribution >= 4 is 22.9 Å². The summed E-state index contributed by atoms with van der Waals surface area (Å²) >= 11 is 6.81. The van der Waals surface area contributed by atoms with E-state index in [1.165, 1.54) is 11.3 Å². The Labute approximate surface area is 56.1 Å². The van der Waals surface area contributed by atoms with Crippen molar-refractivity contribution in [3.8, 4) is 6.07 Å². The highest BCUT2D eigenvalue weighted by molar-refractivity contribution is 7.08. The molecule has 0 aliphatic rings. The van der Waals surface area contributed by atoms with E-state index in [0.717, 1.165) is 0 Å². The molecule has 1 nitrogen and oxygen atoms in total. The minimum atomic E-state index is 0.441. The molecule has 0 saturated heterocycles. The number of nitrogens with zero attached hydrogens (tertiary/aromatic N) is 1. The number of rotatable bonds is 0. The Kier molecular flexibility index (Phi) is 1.52. The van der Waals surface area contributed by atoms with E-state index >= 15 is 0 Å². The Bertz CT molecular complexity index is 223. The monoisotopic (exact) mass is 142 g/mol. The number of halogens is 1. The lowest BCUT2D eigenvalue weighted by atomic mass is 10.4. The lowest BCUT2D eigenvalue weighted by Gasteiger charge is -1.73. The zero-order valence-electron chi connectivity index (χ0n) is 3.81. The molecule has 1 rings (SSSR count). The summed E-state index contributed by atoms with van der Waals surface area (Å²) in [5, 5.41) is 13.1. The van der Waals surface area contributed by atoms with Gasteiger partial charge in [-0.05, 0) is 0 Å². The van der Waals surface area contributed by atoms with Crippen molar-refractivity contribution in [1.29, 1.82) is 5.26 Å². The van der Waals surface area contributed by atoms with Gasteiger partial charge in [0.25, 0.3) is 0 Å². The van der Waals surface area contributed by atoms with Crippen LogP contribution < -0.4 is 0 Å². The smallest absolute Gasteiger partial charge is 0.102 e. The molecular formula is C5HClNS. The molecule has 1 aromatic heterocycles. The van der Waals surface area contributed by atoms with Crippen LogP contribution in [0.1, 0.15) is 5.56 Å². The maximum absolute atomic E-state index is 8.25. The predicted octanol–water partition coefficient (Wildman–Crippen LogP) is 2.07. The number of nitriles is 1. The molecule has 0 spiro atoms. The third-order valence-electron chi connectivity index (χ3n) is 0.674. The second kappa shape index (κ2) is 2.17. The van der Waals surface area contributed by atoms with Gasteiger partial charge in [0.2, 0.25) is 0 Å². The summed E-state index contributed by atoms with van der Waals surface area (Å²) in [7, 11) is 0. The van der Waals surface area contributed by atoms with Gasteiger partial charge in [0, 0.05) is 5.38 Å². The average Bonchev–Trinajstić information content (AvgIpc) is 2.14. The molecule has 0 saturated carbocycles. The van der Waals surface area contributed by atoms with Crippen molar-refractivity contribution in [3.05, 3.63) is 21.3 Å². The zero-order chi connectivity index (χ0) is 5.98. The highest BCUT2D eigenvalue weighted by Gasteiger charge is 1.96. The van der Waals surface area contributed by atoms with E-state index in [1.807, 2.05) is 6.07 Å². The Hall–Kier alpha value is -0.520. The summed E-state index contributed by atoms with van der Waals surface area (Å²) in [5.74, 6) is 0. The van der Waals surface area contributed by atoms with Crippen molar-refractivity contribution in [2.24, 2.45) is 0 Å². The Morgan fingerprint density at radius 3 is 2.88 bits per heavy atom. The van der Waals surface area contributed by atoms with Gasteiger partial charge in [0.1, 0.15) is 6.07 Å². The number of thiophene rings is 1. The van der Waals surface area contributed by atoms with Gasteiger partial charge in [0.05, 0.1) is 16.0 Å². The third-order valence-corrected chi connectivity index (χ3v) is 1.78. The van der Waals surface area contributed by atoms with Gasteiger partial charge in [-0.1, -0.05) is 11.6 Å². The number of hydrogen-bond acceptors (Lipinski definition) is 2. The van der Waals surface area contributed by atoms with E-state index in [9.17, 15) is 0 Å². The lowest BCUT2D eigenvalue weighted by molar-refractivity contribution is 1.51. The third kappa shape index (κ3) is 0.835. The van der Waals surface area contributed by atoms with Crippen LogP contribution in [-0.2, 0) is 0 Å². The molecule has 1 radical (unpaired) electrons. The van der Waals surface area contributed by atoms with Gasteiger partial charge in [-0.3, -0.25) is 0 Å². The van der Waals surface area contributed by atoms with Gasteiger partial charge in [-0.25, -0.2) is 0 Å². The highest BCUT2D eigenvalue weighted by Crippen LogP contribution is 2.17. The standard InChI is InChI=1S/C5HClNS/c6-5-3-8-2-4(5)1-7/h3H. The predicted molar refractivity (Wildman–Crippen MR) is 32.9 cm³/mol. The molecule has 0 bridgehead atoms. The molecule has 0 fully saturated rings. The quantitative estimate of drug-likeness (QED) is 0.544. The van der Waals surface area contributed by atoms with E-state index in [-0.39, 0.29) is 0 Å². The van der Waals surface area contributed by atoms with Gasteiger partial charge in [-0.15, -0.1) is 11.3 Å². The van der Waals surface area contributed by atoms with Crippen LogP contribution in [0.15, 0.2) is 5.38 Å². The fourth-order valence-electron chi connectivity index (χ4n) is 0.324. The Balaban J connectivity index is 3.15. The largest absolute Gasteiger partial charge is 0.192 e. The summed E-state index contributed by atoms with van der Waals surface area (Å²) in [6, 6.07) is 1.90. The van der Waals surface area contributed by atoms with Gasteiger partial charge in [0.15, 0.2) is 0 Å². The minimum Gasteiger partial charge on any atom is -0.192 e. The van der Waals surface area contributed by atoms with Gasteiger partial charge >= 0.3 is 0 Å². The topological polar surface area (TPSA) is 23.8 Å². The molecule has 1 aromatic rings. The zero-order valence-corrected chi connectivity index (χ0v) is 5.38. The highest BCUT2D eigenvalue weighted by atomic mass is 35.5. The van der Waals surface area contributed by atoms with Crippen molar-refractivity contribution < 1.29 is 0 Å². The molecule has 0 amide bonds. The van der Waals surface area contributed by atoms with E-state index in [0.29, 0.717) is 10.6 Å². The van der Waals surface area contributed by atoms with Crippen LogP contribution in [0, 0.1) is 16.7 Å². The summed E-state index contributed by atoms with van der Waals surface area (Å²) in [5.41, 5.74) is 0.441. The Morgan fingerprint density at radius 1 is 1.88 bits per heavy atom. The van der Waals surface area contributed by atoms with E-state index in [2.05, 4.69) is 5.38 Å².